The Balaban J connectivity index is 1.63. The number of anilines is 1. The lowest BCUT2D eigenvalue weighted by atomic mass is 10.1. The van der Waals surface area contributed by atoms with Gasteiger partial charge in [-0.1, -0.05) is 36.0 Å². The third kappa shape index (κ3) is 3.94. The highest BCUT2D eigenvalue weighted by atomic mass is 32.2. The molecule has 0 saturated heterocycles. The highest BCUT2D eigenvalue weighted by molar-refractivity contribution is 7.98. The predicted molar refractivity (Wildman–Crippen MR) is 93.3 cm³/mol. The minimum atomic E-state index is -0.172. The highest BCUT2D eigenvalue weighted by Gasteiger charge is 2.09. The number of aromatic nitrogens is 3. The number of benzene rings is 2. The number of rotatable bonds is 6. The van der Waals surface area contributed by atoms with Crippen molar-refractivity contribution in [3.8, 4) is 5.75 Å². The number of methoxy groups -OCH3 is 1. The standard InChI is InChI=1S/C17H16N4O2S/c1-23-15-5-3-2-4-14(15)20-16(22)13-8-6-12(7-9-13)10-24-17-18-11-19-21-17/h2-9,11H,10H2,1H3,(H,20,22)(H,18,19,21). The molecule has 0 fully saturated rings. The Morgan fingerprint density at radius 3 is 2.71 bits per heavy atom. The van der Waals surface area contributed by atoms with Gasteiger partial charge in [0.25, 0.3) is 5.91 Å². The van der Waals surface area contributed by atoms with Crippen molar-refractivity contribution in [3.05, 3.63) is 66.0 Å². The van der Waals surface area contributed by atoms with Crippen molar-refractivity contribution in [1.29, 1.82) is 0 Å². The van der Waals surface area contributed by atoms with Gasteiger partial charge in [-0.2, -0.15) is 5.10 Å². The number of carbonyl (C=O) groups is 1. The third-order valence-electron chi connectivity index (χ3n) is 3.34. The molecule has 3 aromatic rings. The van der Waals surface area contributed by atoms with Crippen molar-refractivity contribution in [2.45, 2.75) is 10.9 Å². The van der Waals surface area contributed by atoms with Gasteiger partial charge >= 0.3 is 0 Å². The first-order chi connectivity index (χ1) is 11.8. The van der Waals surface area contributed by atoms with Crippen molar-refractivity contribution in [2.75, 3.05) is 12.4 Å². The average Bonchev–Trinajstić information content (AvgIpc) is 3.14. The van der Waals surface area contributed by atoms with Crippen molar-refractivity contribution in [2.24, 2.45) is 0 Å². The minimum Gasteiger partial charge on any atom is -0.495 e. The average molecular weight is 340 g/mol. The van der Waals surface area contributed by atoms with E-state index in [1.165, 1.54) is 6.33 Å². The summed E-state index contributed by atoms with van der Waals surface area (Å²) < 4.78 is 5.24. The van der Waals surface area contributed by atoms with Crippen molar-refractivity contribution < 1.29 is 9.53 Å². The van der Waals surface area contributed by atoms with Crippen LogP contribution >= 0.6 is 11.8 Å². The summed E-state index contributed by atoms with van der Waals surface area (Å²) in [7, 11) is 1.58. The summed E-state index contributed by atoms with van der Waals surface area (Å²) in [5, 5.41) is 10.2. The van der Waals surface area contributed by atoms with Crippen LogP contribution in [0.3, 0.4) is 0 Å². The van der Waals surface area contributed by atoms with Crippen LogP contribution in [0.25, 0.3) is 0 Å². The zero-order valence-electron chi connectivity index (χ0n) is 13.0. The molecule has 3 rings (SSSR count). The van der Waals surface area contributed by atoms with Crippen molar-refractivity contribution in [3.63, 3.8) is 0 Å². The first-order valence-electron chi connectivity index (χ1n) is 7.28. The zero-order valence-corrected chi connectivity index (χ0v) is 13.8. The summed E-state index contributed by atoms with van der Waals surface area (Å²) in [4.78, 5) is 16.4. The minimum absolute atomic E-state index is 0.172. The first-order valence-corrected chi connectivity index (χ1v) is 8.26. The van der Waals surface area contributed by atoms with Gasteiger partial charge in [0, 0.05) is 11.3 Å². The molecular weight excluding hydrogens is 324 g/mol. The number of hydrogen-bond donors (Lipinski definition) is 2. The molecule has 122 valence electrons. The summed E-state index contributed by atoms with van der Waals surface area (Å²) in [5.41, 5.74) is 2.34. The molecule has 0 spiro atoms. The fourth-order valence-electron chi connectivity index (χ4n) is 2.11. The lowest BCUT2D eigenvalue weighted by molar-refractivity contribution is 0.102. The van der Waals surface area contributed by atoms with E-state index in [9.17, 15) is 4.79 Å². The Kier molecular flexibility index (Phi) is 5.12. The van der Waals surface area contributed by atoms with Crippen LogP contribution in [0.2, 0.25) is 0 Å². The van der Waals surface area contributed by atoms with Crippen LogP contribution in [0, 0.1) is 0 Å². The van der Waals surface area contributed by atoms with Crippen LogP contribution in [0.5, 0.6) is 5.75 Å². The first kappa shape index (κ1) is 16.1. The molecule has 0 aliphatic heterocycles. The molecule has 1 aromatic heterocycles. The van der Waals surface area contributed by atoms with E-state index < -0.39 is 0 Å². The monoisotopic (exact) mass is 340 g/mol. The van der Waals surface area contributed by atoms with E-state index in [4.69, 9.17) is 4.74 Å². The number of nitrogens with one attached hydrogen (secondary N) is 2. The molecule has 0 saturated carbocycles. The SMILES string of the molecule is COc1ccccc1NC(=O)c1ccc(CSc2ncn[nH]2)cc1. The number of nitrogens with zero attached hydrogens (tertiary/aromatic N) is 2. The van der Waals surface area contributed by atoms with Gasteiger partial charge in [0.1, 0.15) is 12.1 Å². The number of ether oxygens (including phenoxy) is 1. The molecule has 1 amide bonds. The quantitative estimate of drug-likeness (QED) is 0.673. The molecule has 24 heavy (non-hydrogen) atoms. The fourth-order valence-corrected chi connectivity index (χ4v) is 2.84. The lowest BCUT2D eigenvalue weighted by Crippen LogP contribution is -2.12. The Labute approximate surface area is 143 Å². The maximum absolute atomic E-state index is 12.3. The van der Waals surface area contributed by atoms with Gasteiger partial charge in [-0.3, -0.25) is 9.89 Å². The van der Waals surface area contributed by atoms with E-state index in [1.807, 2.05) is 24.3 Å². The third-order valence-corrected chi connectivity index (χ3v) is 4.29. The Morgan fingerprint density at radius 1 is 1.21 bits per heavy atom. The van der Waals surface area contributed by atoms with Gasteiger partial charge in [-0.15, -0.1) is 0 Å². The molecule has 0 radical (unpaired) electrons. The van der Waals surface area contributed by atoms with Gasteiger partial charge in [0.15, 0.2) is 5.16 Å². The number of carbonyl (C=O) groups excluding carboxylic acids is 1. The van der Waals surface area contributed by atoms with Crippen molar-refractivity contribution >= 4 is 23.4 Å². The second-order valence-electron chi connectivity index (χ2n) is 4.93. The fraction of sp³-hybridized carbons (Fsp3) is 0.118. The summed E-state index contributed by atoms with van der Waals surface area (Å²) in [6, 6.07) is 14.8. The van der Waals surface area contributed by atoms with Crippen LogP contribution in [-0.4, -0.2) is 28.2 Å². The Hall–Kier alpha value is -2.80. The van der Waals surface area contributed by atoms with E-state index in [0.29, 0.717) is 17.0 Å². The van der Waals surface area contributed by atoms with E-state index >= 15 is 0 Å². The number of amides is 1. The van der Waals surface area contributed by atoms with Gasteiger partial charge in [0.05, 0.1) is 12.8 Å². The largest absolute Gasteiger partial charge is 0.495 e. The maximum atomic E-state index is 12.3. The zero-order chi connectivity index (χ0) is 16.8. The van der Waals surface area contributed by atoms with Crippen LogP contribution in [0.4, 0.5) is 5.69 Å². The van der Waals surface area contributed by atoms with Gasteiger partial charge in [-0.05, 0) is 29.8 Å². The van der Waals surface area contributed by atoms with Crippen LogP contribution in [0.1, 0.15) is 15.9 Å². The second-order valence-corrected chi connectivity index (χ2v) is 5.89. The number of hydrogen-bond acceptors (Lipinski definition) is 5. The topological polar surface area (TPSA) is 79.9 Å². The van der Waals surface area contributed by atoms with E-state index in [0.717, 1.165) is 16.5 Å². The molecule has 0 unspecified atom stereocenters. The van der Waals surface area contributed by atoms with Gasteiger partial charge < -0.3 is 10.1 Å². The molecule has 0 atom stereocenters. The van der Waals surface area contributed by atoms with E-state index in [-0.39, 0.29) is 5.91 Å². The molecular formula is C17H16N4O2S. The summed E-state index contributed by atoms with van der Waals surface area (Å²) in [6.07, 6.45) is 1.48. The smallest absolute Gasteiger partial charge is 0.255 e. The number of thioether (sulfide) groups is 1. The summed E-state index contributed by atoms with van der Waals surface area (Å²) in [5.74, 6) is 1.21. The normalized spacial score (nSPS) is 10.4. The van der Waals surface area contributed by atoms with Crippen molar-refractivity contribution in [1.82, 2.24) is 15.2 Å². The van der Waals surface area contributed by atoms with Crippen LogP contribution in [0.15, 0.2) is 60.0 Å². The number of aromatic amines is 1. The Morgan fingerprint density at radius 2 is 2.00 bits per heavy atom. The maximum Gasteiger partial charge on any atom is 0.255 e. The Bertz CT molecular complexity index is 804. The van der Waals surface area contributed by atoms with Gasteiger partial charge in [0.2, 0.25) is 0 Å². The molecule has 0 bridgehead atoms. The van der Waals surface area contributed by atoms with E-state index in [2.05, 4.69) is 20.5 Å². The second kappa shape index (κ2) is 7.65. The molecule has 7 heteroatoms. The molecule has 2 aromatic carbocycles. The van der Waals surface area contributed by atoms with Gasteiger partial charge in [-0.25, -0.2) is 4.98 Å². The number of para-hydroxylation sites is 2. The highest BCUT2D eigenvalue weighted by Crippen LogP contribution is 2.24. The van der Waals surface area contributed by atoms with Crippen LogP contribution < -0.4 is 10.1 Å². The molecule has 2 N–H and O–H groups in total. The molecule has 1 heterocycles. The van der Waals surface area contributed by atoms with Crippen LogP contribution in [-0.2, 0) is 5.75 Å². The molecule has 0 aliphatic carbocycles. The summed E-state index contributed by atoms with van der Waals surface area (Å²) >= 11 is 1.56. The summed E-state index contributed by atoms with van der Waals surface area (Å²) in [6.45, 7) is 0. The lowest BCUT2D eigenvalue weighted by Gasteiger charge is -2.10. The predicted octanol–water partition coefficient (Wildman–Crippen LogP) is 3.36. The van der Waals surface area contributed by atoms with E-state index in [1.54, 1.807) is 43.1 Å². The molecule has 6 nitrogen and oxygen atoms in total. The number of H-pyrrole nitrogens is 1. The molecule has 0 aliphatic rings.